The first-order chi connectivity index (χ1) is 14.6. The average molecular weight is 409 g/mol. The molecule has 0 aromatic heterocycles. The summed E-state index contributed by atoms with van der Waals surface area (Å²) in [5, 5.41) is 3.09. The molecule has 0 radical (unpaired) electrons. The predicted molar refractivity (Wildman–Crippen MR) is 121 cm³/mol. The number of amides is 1. The molecule has 1 N–H and O–H groups in total. The fourth-order valence-electron chi connectivity index (χ4n) is 4.09. The molecule has 0 spiro atoms. The lowest BCUT2D eigenvalue weighted by Gasteiger charge is -2.33. The second-order valence-electron chi connectivity index (χ2n) is 7.90. The molecule has 1 atom stereocenters. The quantitative estimate of drug-likeness (QED) is 0.710. The molecule has 5 nitrogen and oxygen atoms in total. The number of benzene rings is 2. The number of hydrogen-bond donors (Lipinski definition) is 1. The first-order valence-corrected chi connectivity index (χ1v) is 10.5. The smallest absolute Gasteiger partial charge is 0.255 e. The van der Waals surface area contributed by atoms with Crippen molar-refractivity contribution in [3.63, 3.8) is 0 Å². The Kier molecular flexibility index (Phi) is 7.91. The zero-order chi connectivity index (χ0) is 21.3. The Balaban J connectivity index is 1.54. The molecule has 2 aromatic carbocycles. The second kappa shape index (κ2) is 10.8. The van der Waals surface area contributed by atoms with Gasteiger partial charge in [-0.2, -0.15) is 0 Å². The van der Waals surface area contributed by atoms with Crippen molar-refractivity contribution in [2.45, 2.75) is 19.8 Å². The molecule has 1 heterocycles. The van der Waals surface area contributed by atoms with Crippen molar-refractivity contribution in [1.82, 2.24) is 10.2 Å². The van der Waals surface area contributed by atoms with Gasteiger partial charge in [0.1, 0.15) is 0 Å². The van der Waals surface area contributed by atoms with E-state index in [4.69, 9.17) is 9.47 Å². The molecule has 1 aliphatic heterocycles. The highest BCUT2D eigenvalue weighted by Crippen LogP contribution is 2.30. The molecule has 2 aromatic rings. The number of likely N-dealkylation sites (tertiary alicyclic amines) is 1. The Morgan fingerprint density at radius 1 is 1.13 bits per heavy atom. The van der Waals surface area contributed by atoms with E-state index in [1.807, 2.05) is 6.07 Å². The molecular weight excluding hydrogens is 376 g/mol. The third kappa shape index (κ3) is 5.86. The third-order valence-corrected chi connectivity index (χ3v) is 5.49. The van der Waals surface area contributed by atoms with Crippen LogP contribution < -0.4 is 14.8 Å². The Hall–Kier alpha value is -2.79. The SMILES string of the molecule is COc1cccc(C(=O)NC[C@H]2CCCN(C/C(C)=C/c3ccccc3)C2)c1OC. The maximum absolute atomic E-state index is 12.7. The highest BCUT2D eigenvalue weighted by atomic mass is 16.5. The van der Waals surface area contributed by atoms with Gasteiger partial charge in [0, 0.05) is 19.6 Å². The van der Waals surface area contributed by atoms with E-state index >= 15 is 0 Å². The van der Waals surface area contributed by atoms with Crippen LogP contribution in [0.15, 0.2) is 54.1 Å². The Bertz CT molecular complexity index is 864. The van der Waals surface area contributed by atoms with Crippen molar-refractivity contribution in [2.75, 3.05) is 40.4 Å². The Morgan fingerprint density at radius 2 is 1.93 bits per heavy atom. The van der Waals surface area contributed by atoms with Crippen molar-refractivity contribution in [3.8, 4) is 11.5 Å². The summed E-state index contributed by atoms with van der Waals surface area (Å²) >= 11 is 0. The minimum absolute atomic E-state index is 0.122. The summed E-state index contributed by atoms with van der Waals surface area (Å²) in [4.78, 5) is 15.2. The Morgan fingerprint density at radius 3 is 2.67 bits per heavy atom. The van der Waals surface area contributed by atoms with Crippen molar-refractivity contribution >= 4 is 12.0 Å². The number of hydrogen-bond acceptors (Lipinski definition) is 4. The molecule has 1 saturated heterocycles. The molecule has 5 heteroatoms. The fourth-order valence-corrected chi connectivity index (χ4v) is 4.09. The molecule has 3 rings (SSSR count). The van der Waals surface area contributed by atoms with Gasteiger partial charge in [0.05, 0.1) is 19.8 Å². The van der Waals surface area contributed by atoms with Crippen LogP contribution >= 0.6 is 0 Å². The van der Waals surface area contributed by atoms with Crippen LogP contribution in [0, 0.1) is 5.92 Å². The van der Waals surface area contributed by atoms with E-state index in [9.17, 15) is 4.79 Å². The lowest BCUT2D eigenvalue weighted by atomic mass is 9.97. The number of para-hydroxylation sites is 1. The second-order valence-corrected chi connectivity index (χ2v) is 7.90. The van der Waals surface area contributed by atoms with Crippen LogP contribution in [0.1, 0.15) is 35.7 Å². The van der Waals surface area contributed by atoms with Crippen molar-refractivity contribution in [1.29, 1.82) is 0 Å². The average Bonchev–Trinajstić information content (AvgIpc) is 2.77. The molecular formula is C25H32N2O3. The normalized spacial score (nSPS) is 17.4. The molecule has 160 valence electrons. The van der Waals surface area contributed by atoms with Gasteiger partial charge in [-0.05, 0) is 49.9 Å². The lowest BCUT2D eigenvalue weighted by molar-refractivity contribution is 0.0930. The van der Waals surface area contributed by atoms with Crippen LogP contribution in [-0.4, -0.2) is 51.2 Å². The summed E-state index contributed by atoms with van der Waals surface area (Å²) < 4.78 is 10.7. The summed E-state index contributed by atoms with van der Waals surface area (Å²) in [5.41, 5.74) is 3.10. The number of piperidine rings is 1. The minimum Gasteiger partial charge on any atom is -0.493 e. The number of ether oxygens (including phenoxy) is 2. The maximum Gasteiger partial charge on any atom is 0.255 e. The minimum atomic E-state index is -0.122. The Labute approximate surface area is 179 Å². The molecule has 0 aliphatic carbocycles. The molecule has 1 amide bonds. The van der Waals surface area contributed by atoms with Crippen LogP contribution in [0.4, 0.5) is 0 Å². The highest BCUT2D eigenvalue weighted by Gasteiger charge is 2.22. The molecule has 1 fully saturated rings. The number of nitrogens with one attached hydrogen (secondary N) is 1. The van der Waals surface area contributed by atoms with E-state index < -0.39 is 0 Å². The van der Waals surface area contributed by atoms with Crippen molar-refractivity contribution in [2.24, 2.45) is 5.92 Å². The number of carbonyl (C=O) groups is 1. The van der Waals surface area contributed by atoms with Crippen LogP contribution in [0.5, 0.6) is 11.5 Å². The predicted octanol–water partition coefficient (Wildman–Crippen LogP) is 4.25. The van der Waals surface area contributed by atoms with E-state index in [1.165, 1.54) is 11.1 Å². The lowest BCUT2D eigenvalue weighted by Crippen LogP contribution is -2.41. The standard InChI is InChI=1S/C25H32N2O3/c1-19(15-20-9-5-4-6-10-20)17-27-14-8-11-21(18-27)16-26-25(28)22-12-7-13-23(29-2)24(22)30-3/h4-7,9-10,12-13,15,21H,8,11,14,16-18H2,1-3H3,(H,26,28)/b19-15+/t21-/m1/s1. The maximum atomic E-state index is 12.7. The topological polar surface area (TPSA) is 50.8 Å². The summed E-state index contributed by atoms with van der Waals surface area (Å²) in [6.07, 6.45) is 4.54. The number of methoxy groups -OCH3 is 2. The number of nitrogens with zero attached hydrogens (tertiary/aromatic N) is 1. The van der Waals surface area contributed by atoms with Crippen molar-refractivity contribution in [3.05, 3.63) is 65.2 Å². The largest absolute Gasteiger partial charge is 0.493 e. The summed E-state index contributed by atoms with van der Waals surface area (Å²) in [5.74, 6) is 1.37. The number of rotatable bonds is 8. The van der Waals surface area contributed by atoms with Gasteiger partial charge in [-0.1, -0.05) is 48.0 Å². The first-order valence-electron chi connectivity index (χ1n) is 10.5. The first kappa shape index (κ1) is 21.9. The van der Waals surface area contributed by atoms with Gasteiger partial charge in [-0.3, -0.25) is 9.69 Å². The zero-order valence-corrected chi connectivity index (χ0v) is 18.2. The van der Waals surface area contributed by atoms with E-state index in [1.54, 1.807) is 32.4 Å². The van der Waals surface area contributed by atoms with Gasteiger partial charge in [-0.15, -0.1) is 0 Å². The van der Waals surface area contributed by atoms with Gasteiger partial charge in [0.2, 0.25) is 0 Å². The van der Waals surface area contributed by atoms with E-state index in [0.29, 0.717) is 29.5 Å². The summed E-state index contributed by atoms with van der Waals surface area (Å²) in [7, 11) is 3.13. The fraction of sp³-hybridized carbons (Fsp3) is 0.400. The van der Waals surface area contributed by atoms with Gasteiger partial charge in [0.15, 0.2) is 11.5 Å². The number of carbonyl (C=O) groups excluding carboxylic acids is 1. The summed E-state index contributed by atoms with van der Waals surface area (Å²) in [6.45, 7) is 5.91. The van der Waals surface area contributed by atoms with Crippen LogP contribution in [-0.2, 0) is 0 Å². The van der Waals surface area contributed by atoms with Crippen LogP contribution in [0.3, 0.4) is 0 Å². The zero-order valence-electron chi connectivity index (χ0n) is 18.2. The van der Waals surface area contributed by atoms with Gasteiger partial charge < -0.3 is 14.8 Å². The van der Waals surface area contributed by atoms with Crippen molar-refractivity contribution < 1.29 is 14.3 Å². The van der Waals surface area contributed by atoms with Gasteiger partial charge in [-0.25, -0.2) is 0 Å². The molecule has 1 aliphatic rings. The van der Waals surface area contributed by atoms with Gasteiger partial charge >= 0.3 is 0 Å². The highest BCUT2D eigenvalue weighted by molar-refractivity contribution is 5.97. The molecule has 0 bridgehead atoms. The van der Waals surface area contributed by atoms with E-state index in [2.05, 4.69) is 47.5 Å². The monoisotopic (exact) mass is 408 g/mol. The van der Waals surface area contributed by atoms with Gasteiger partial charge in [0.25, 0.3) is 5.91 Å². The molecule has 30 heavy (non-hydrogen) atoms. The van der Waals surface area contributed by atoms with Crippen LogP contribution in [0.25, 0.3) is 6.08 Å². The summed E-state index contributed by atoms with van der Waals surface area (Å²) in [6, 6.07) is 15.8. The third-order valence-electron chi connectivity index (χ3n) is 5.49. The van der Waals surface area contributed by atoms with Crippen LogP contribution in [0.2, 0.25) is 0 Å². The molecule has 0 saturated carbocycles. The van der Waals surface area contributed by atoms with E-state index in [-0.39, 0.29) is 5.91 Å². The van der Waals surface area contributed by atoms with E-state index in [0.717, 1.165) is 32.5 Å². The molecule has 0 unspecified atom stereocenters.